The molecule has 82 valence electrons. The molecule has 0 saturated carbocycles. The van der Waals surface area contributed by atoms with Crippen LogP contribution in [0.1, 0.15) is 6.92 Å². The Bertz CT molecular complexity index is 445. The van der Waals surface area contributed by atoms with Gasteiger partial charge >= 0.3 is 89.5 Å². The van der Waals surface area contributed by atoms with Gasteiger partial charge in [-0.15, -0.1) is 0 Å². The molecule has 4 nitrogen and oxygen atoms in total. The van der Waals surface area contributed by atoms with Crippen LogP contribution in [0.15, 0.2) is 24.3 Å². The van der Waals surface area contributed by atoms with E-state index < -0.39 is 12.7 Å². The van der Waals surface area contributed by atoms with Gasteiger partial charge in [0.15, 0.2) is 0 Å². The van der Waals surface area contributed by atoms with E-state index in [1.807, 2.05) is 0 Å². The van der Waals surface area contributed by atoms with Crippen LogP contribution in [-0.4, -0.2) is 25.6 Å². The van der Waals surface area contributed by atoms with Crippen molar-refractivity contribution in [2.24, 2.45) is 0 Å². The number of methoxy groups -OCH3 is 1. The van der Waals surface area contributed by atoms with Crippen LogP contribution in [-0.2, 0) is 12.5 Å². The van der Waals surface area contributed by atoms with Crippen molar-refractivity contribution >= 4 is 23.0 Å². The number of rotatable bonds is 4. The van der Waals surface area contributed by atoms with Crippen molar-refractivity contribution < 1.29 is 17.2 Å². The molecule has 0 N–H and O–H groups in total. The monoisotopic (exact) mass is 278 g/mol. The van der Waals surface area contributed by atoms with E-state index >= 15 is 0 Å². The molecule has 0 unspecified atom stereocenters. The van der Waals surface area contributed by atoms with Crippen molar-refractivity contribution in [3.05, 3.63) is 24.3 Å². The molecule has 1 aromatic carbocycles. The van der Waals surface area contributed by atoms with E-state index in [0.29, 0.717) is 5.75 Å². The first-order valence-electron chi connectivity index (χ1n) is 4.32. The molecule has 0 radical (unpaired) electrons. The molecule has 0 atom stereocenters. The van der Waals surface area contributed by atoms with Crippen LogP contribution in [0.2, 0.25) is 5.32 Å². The Morgan fingerprint density at radius 1 is 1.27 bits per heavy atom. The number of benzene rings is 1. The van der Waals surface area contributed by atoms with Gasteiger partial charge in [0.25, 0.3) is 0 Å². The Labute approximate surface area is 89.9 Å². The topological polar surface area (TPSA) is 60.4 Å². The average molecular weight is 277 g/mol. The molecule has 0 aliphatic rings. The van der Waals surface area contributed by atoms with Gasteiger partial charge in [0, 0.05) is 0 Å². The molecule has 0 aliphatic carbocycles. The Balaban J connectivity index is 3.01. The van der Waals surface area contributed by atoms with E-state index in [-0.39, 0.29) is 15.6 Å². The van der Waals surface area contributed by atoms with E-state index in [9.17, 15) is 12.5 Å². The third-order valence-electron chi connectivity index (χ3n) is 1.81. The second kappa shape index (κ2) is 4.55. The number of ketones is 1. The van der Waals surface area contributed by atoms with E-state index in [0.717, 1.165) is 0 Å². The predicted molar refractivity (Wildman–Crippen MR) is 55.2 cm³/mol. The summed E-state index contributed by atoms with van der Waals surface area (Å²) < 4.78 is 28.4. The van der Waals surface area contributed by atoms with Gasteiger partial charge in [0.2, 0.25) is 0 Å². The van der Waals surface area contributed by atoms with Gasteiger partial charge in [-0.25, -0.2) is 0 Å². The molecule has 1 aromatic rings. The maximum absolute atomic E-state index is 11.7. The average Bonchev–Trinajstić information content (AvgIpc) is 2.16. The SMILES string of the molecule is COc1ccc([Se](=O)(=O)[13CH2][13C](C)=O)cc1. The van der Waals surface area contributed by atoms with E-state index in [4.69, 9.17) is 4.74 Å². The quantitative estimate of drug-likeness (QED) is 0.603. The van der Waals surface area contributed by atoms with Crippen LogP contribution in [0.4, 0.5) is 0 Å². The van der Waals surface area contributed by atoms with Crippen LogP contribution in [0.3, 0.4) is 0 Å². The molecule has 0 fully saturated rings. The molecule has 0 aliphatic heterocycles. The first-order chi connectivity index (χ1) is 6.95. The molecule has 0 heterocycles. The van der Waals surface area contributed by atoms with Gasteiger partial charge in [-0.2, -0.15) is 0 Å². The molecule has 0 bridgehead atoms. The molecular weight excluding hydrogens is 265 g/mol. The normalized spacial score (nSPS) is 11.1. The van der Waals surface area contributed by atoms with Crippen molar-refractivity contribution in [1.82, 2.24) is 0 Å². The Kier molecular flexibility index (Phi) is 3.61. The number of Topliss-reactive ketones (excluding diaryl/α,β-unsaturated/α-hetero) is 1. The minimum absolute atomic E-state index is 0.210. The zero-order valence-electron chi connectivity index (χ0n) is 8.56. The summed E-state index contributed by atoms with van der Waals surface area (Å²) in [5, 5.41) is -0.386. The summed E-state index contributed by atoms with van der Waals surface area (Å²) in [5.41, 5.74) is 0. The zero-order valence-corrected chi connectivity index (χ0v) is 10.3. The standard InChI is InChI=1S/C10H12O4Se/c1-8(11)7-15(12,13)10-5-3-9(14-2)4-6-10/h3-6H,7H2,1-2H3/i7+1,8+1. The van der Waals surface area contributed by atoms with E-state index in [2.05, 4.69) is 0 Å². The third-order valence-corrected chi connectivity index (χ3v) is 5.54. The summed E-state index contributed by atoms with van der Waals surface area (Å²) in [6.45, 7) is 1.27. The third kappa shape index (κ3) is 3.15. The molecule has 0 amide bonds. The van der Waals surface area contributed by atoms with Crippen molar-refractivity contribution in [2.45, 2.75) is 12.2 Å². The Morgan fingerprint density at radius 2 is 1.80 bits per heavy atom. The molecule has 5 heteroatoms. The molecule has 0 spiro atoms. The summed E-state index contributed by atoms with van der Waals surface area (Å²) in [6.07, 6.45) is 0. The van der Waals surface area contributed by atoms with E-state index in [1.165, 1.54) is 26.2 Å². The van der Waals surface area contributed by atoms with Crippen LogP contribution >= 0.6 is 0 Å². The number of hydrogen-bond acceptors (Lipinski definition) is 4. The predicted octanol–water partition coefficient (Wildman–Crippen LogP) is 0.794. The maximum atomic E-state index is 11.7. The van der Waals surface area contributed by atoms with Crippen LogP contribution < -0.4 is 9.20 Å². The van der Waals surface area contributed by atoms with Crippen LogP contribution in [0, 0.1) is 0 Å². The van der Waals surface area contributed by atoms with Gasteiger partial charge in [-0.05, 0) is 0 Å². The molecule has 0 saturated heterocycles. The summed E-state index contributed by atoms with van der Waals surface area (Å²) in [4.78, 5) is 10.8. The van der Waals surface area contributed by atoms with E-state index in [1.54, 1.807) is 12.1 Å². The fourth-order valence-corrected chi connectivity index (χ4v) is 3.76. The summed E-state index contributed by atoms with van der Waals surface area (Å²) >= 11 is -4.27. The number of ether oxygens (including phenoxy) is 1. The summed E-state index contributed by atoms with van der Waals surface area (Å²) in [7, 11) is 1.51. The van der Waals surface area contributed by atoms with Gasteiger partial charge in [0.1, 0.15) is 0 Å². The molecule has 15 heavy (non-hydrogen) atoms. The second-order valence-electron chi connectivity index (χ2n) is 3.14. The first kappa shape index (κ1) is 11.9. The molecular formula is C10H12O4Se. The molecule has 1 rings (SSSR count). The van der Waals surface area contributed by atoms with Gasteiger partial charge in [-0.1, -0.05) is 0 Å². The van der Waals surface area contributed by atoms with Crippen LogP contribution in [0.5, 0.6) is 5.75 Å². The van der Waals surface area contributed by atoms with Crippen LogP contribution in [0.25, 0.3) is 0 Å². The van der Waals surface area contributed by atoms with Gasteiger partial charge in [0.05, 0.1) is 0 Å². The fraction of sp³-hybridized carbons (Fsp3) is 0.300. The second-order valence-corrected chi connectivity index (χ2v) is 7.31. The fourth-order valence-electron chi connectivity index (χ4n) is 1.13. The van der Waals surface area contributed by atoms with Crippen molar-refractivity contribution in [3.63, 3.8) is 0 Å². The summed E-state index contributed by atoms with van der Waals surface area (Å²) in [5.74, 6) is 0.255. The number of carbonyl (C=O) groups excluding carboxylic acids is 1. The van der Waals surface area contributed by atoms with Gasteiger partial charge < -0.3 is 0 Å². The number of carbonyl (C=O) groups is 1. The van der Waals surface area contributed by atoms with Crippen molar-refractivity contribution in [2.75, 3.05) is 7.11 Å². The Morgan fingerprint density at radius 3 is 2.20 bits per heavy atom. The molecule has 0 aromatic heterocycles. The first-order valence-corrected chi connectivity index (χ1v) is 7.78. The van der Waals surface area contributed by atoms with Crippen molar-refractivity contribution in [3.8, 4) is 5.75 Å². The summed E-state index contributed by atoms with van der Waals surface area (Å²) in [6, 6.07) is 6.05. The minimum atomic E-state index is -4.27. The number of hydrogen-bond donors (Lipinski definition) is 0. The Hall–Kier alpha value is -1.19. The zero-order chi connectivity index (χ0) is 11.5. The van der Waals surface area contributed by atoms with Gasteiger partial charge in [-0.3, -0.25) is 0 Å². The van der Waals surface area contributed by atoms with Crippen molar-refractivity contribution in [1.29, 1.82) is 0 Å².